The van der Waals surface area contributed by atoms with E-state index in [0.717, 1.165) is 10.0 Å². The summed E-state index contributed by atoms with van der Waals surface area (Å²) in [5.74, 6) is 0. The smallest absolute Gasteiger partial charge is 0.271 e. The first kappa shape index (κ1) is 15.6. The van der Waals surface area contributed by atoms with Gasteiger partial charge in [0.05, 0.1) is 25.3 Å². The number of halogens is 3. The molecule has 0 aliphatic rings. The maximum Gasteiger partial charge on any atom is 0.271 e. The molecule has 20 heavy (non-hydrogen) atoms. The van der Waals surface area contributed by atoms with Gasteiger partial charge in [-0.15, -0.1) is 11.3 Å². The Labute approximate surface area is 138 Å². The van der Waals surface area contributed by atoms with Crippen molar-refractivity contribution in [1.82, 2.24) is 0 Å². The first-order chi connectivity index (χ1) is 9.38. The van der Waals surface area contributed by atoms with Gasteiger partial charge in [0, 0.05) is 22.2 Å². The van der Waals surface area contributed by atoms with Crippen LogP contribution in [0.2, 0.25) is 8.67 Å². The molecule has 0 amide bonds. The molecule has 4 nitrogen and oxygen atoms in total. The lowest BCUT2D eigenvalue weighted by Gasteiger charge is -2.15. The number of nitrogens with zero attached hydrogens (tertiary/aromatic N) is 1. The normalized spacial score (nSPS) is 12.2. The monoisotopic (exact) mass is 394 g/mol. The third-order valence-electron chi connectivity index (χ3n) is 2.68. The Hall–Kier alpha value is -0.820. The number of non-ortho nitro benzene ring substituents is 1. The van der Waals surface area contributed by atoms with E-state index in [-0.39, 0.29) is 11.7 Å². The summed E-state index contributed by atoms with van der Waals surface area (Å²) < 4.78 is 1.96. The van der Waals surface area contributed by atoms with Crippen LogP contribution in [0.25, 0.3) is 0 Å². The van der Waals surface area contributed by atoms with Crippen LogP contribution in [0.5, 0.6) is 0 Å². The zero-order valence-electron chi connectivity index (χ0n) is 10.2. The van der Waals surface area contributed by atoms with Crippen LogP contribution in [0.1, 0.15) is 18.5 Å². The second kappa shape index (κ2) is 6.30. The first-order valence-corrected chi connectivity index (χ1v) is 7.90. The highest BCUT2D eigenvalue weighted by Crippen LogP contribution is 2.37. The van der Waals surface area contributed by atoms with Crippen molar-refractivity contribution in [3.8, 4) is 0 Å². The summed E-state index contributed by atoms with van der Waals surface area (Å²) in [6.45, 7) is 1.91. The summed E-state index contributed by atoms with van der Waals surface area (Å²) in [5.41, 5.74) is 1.52. The van der Waals surface area contributed by atoms with E-state index in [0.29, 0.717) is 14.4 Å². The van der Waals surface area contributed by atoms with Gasteiger partial charge < -0.3 is 5.32 Å². The SMILES string of the molecule is CC(Nc1cc([N+](=O)[O-])ccc1Br)c1cc(Cl)sc1Cl. The van der Waals surface area contributed by atoms with Crippen LogP contribution in [0.3, 0.4) is 0 Å². The molecule has 8 heteroatoms. The van der Waals surface area contributed by atoms with Gasteiger partial charge in [0.1, 0.15) is 0 Å². The van der Waals surface area contributed by atoms with Crippen molar-refractivity contribution in [1.29, 1.82) is 0 Å². The van der Waals surface area contributed by atoms with Crippen molar-refractivity contribution >= 4 is 61.8 Å². The lowest BCUT2D eigenvalue weighted by Crippen LogP contribution is -2.07. The van der Waals surface area contributed by atoms with E-state index in [1.165, 1.54) is 23.5 Å². The molecule has 0 fully saturated rings. The van der Waals surface area contributed by atoms with Gasteiger partial charge in [0.2, 0.25) is 0 Å². The minimum absolute atomic E-state index is 0.0253. The summed E-state index contributed by atoms with van der Waals surface area (Å²) in [5, 5.41) is 14.0. The number of hydrogen-bond donors (Lipinski definition) is 1. The minimum atomic E-state index is -0.434. The Bertz CT molecular complexity index is 663. The van der Waals surface area contributed by atoms with E-state index in [2.05, 4.69) is 21.2 Å². The third-order valence-corrected chi connectivity index (χ3v) is 4.89. The zero-order valence-corrected chi connectivity index (χ0v) is 14.1. The first-order valence-electron chi connectivity index (χ1n) is 5.53. The molecule has 1 aromatic heterocycles. The fourth-order valence-electron chi connectivity index (χ4n) is 1.70. The highest BCUT2D eigenvalue weighted by Gasteiger charge is 2.16. The summed E-state index contributed by atoms with van der Waals surface area (Å²) in [7, 11) is 0. The van der Waals surface area contributed by atoms with Crippen molar-refractivity contribution in [2.24, 2.45) is 0 Å². The summed E-state index contributed by atoms with van der Waals surface area (Å²) in [4.78, 5) is 10.4. The number of nitrogens with one attached hydrogen (secondary N) is 1. The van der Waals surface area contributed by atoms with Crippen LogP contribution in [0, 0.1) is 10.1 Å². The summed E-state index contributed by atoms with van der Waals surface area (Å²) in [6, 6.07) is 6.22. The Balaban J connectivity index is 2.27. The Kier molecular flexibility index (Phi) is 4.90. The molecule has 0 aliphatic heterocycles. The molecule has 2 aromatic rings. The molecular weight excluding hydrogens is 387 g/mol. The number of hydrogen-bond acceptors (Lipinski definition) is 4. The van der Waals surface area contributed by atoms with Crippen LogP contribution < -0.4 is 5.32 Å². The molecule has 0 spiro atoms. The number of nitro groups is 1. The predicted octanol–water partition coefficient (Wildman–Crippen LogP) is 5.90. The third kappa shape index (κ3) is 3.44. The second-order valence-corrected chi connectivity index (χ2v) is 7.21. The average molecular weight is 396 g/mol. The highest BCUT2D eigenvalue weighted by atomic mass is 79.9. The Morgan fingerprint density at radius 2 is 2.10 bits per heavy atom. The van der Waals surface area contributed by atoms with Gasteiger partial charge in [-0.25, -0.2) is 0 Å². The Morgan fingerprint density at radius 3 is 2.65 bits per heavy atom. The van der Waals surface area contributed by atoms with Gasteiger partial charge in [0.15, 0.2) is 0 Å². The van der Waals surface area contributed by atoms with Crippen molar-refractivity contribution in [2.75, 3.05) is 5.32 Å². The molecule has 2 rings (SSSR count). The molecule has 0 saturated carbocycles. The van der Waals surface area contributed by atoms with Crippen molar-refractivity contribution in [3.63, 3.8) is 0 Å². The predicted molar refractivity (Wildman–Crippen MR) is 87.2 cm³/mol. The molecule has 1 aromatic carbocycles. The number of thiophene rings is 1. The van der Waals surface area contributed by atoms with Gasteiger partial charge in [-0.1, -0.05) is 23.2 Å². The van der Waals surface area contributed by atoms with Gasteiger partial charge in [0.25, 0.3) is 5.69 Å². The van der Waals surface area contributed by atoms with Crippen molar-refractivity contribution in [2.45, 2.75) is 13.0 Å². The molecule has 1 N–H and O–H groups in total. The van der Waals surface area contributed by atoms with Crippen LogP contribution in [0.15, 0.2) is 28.7 Å². The maximum atomic E-state index is 10.8. The lowest BCUT2D eigenvalue weighted by molar-refractivity contribution is -0.384. The summed E-state index contributed by atoms with van der Waals surface area (Å²) >= 11 is 16.7. The van der Waals surface area contributed by atoms with E-state index in [9.17, 15) is 10.1 Å². The number of benzene rings is 1. The highest BCUT2D eigenvalue weighted by molar-refractivity contribution is 9.10. The van der Waals surface area contributed by atoms with E-state index >= 15 is 0 Å². The zero-order chi connectivity index (χ0) is 14.9. The molecule has 106 valence electrons. The fourth-order valence-corrected chi connectivity index (χ4v) is 3.70. The molecule has 0 aliphatic carbocycles. The van der Waals surface area contributed by atoms with Crippen molar-refractivity contribution < 1.29 is 4.92 Å². The number of rotatable bonds is 4. The molecule has 1 unspecified atom stereocenters. The van der Waals surface area contributed by atoms with Crippen LogP contribution in [0.4, 0.5) is 11.4 Å². The molecule has 1 atom stereocenters. The van der Waals surface area contributed by atoms with E-state index in [4.69, 9.17) is 23.2 Å². The second-order valence-electron chi connectivity index (χ2n) is 4.07. The number of nitro benzene ring substituents is 1. The summed E-state index contributed by atoms with van der Waals surface area (Å²) in [6.07, 6.45) is 0. The van der Waals surface area contributed by atoms with E-state index in [1.807, 2.05) is 6.92 Å². The Morgan fingerprint density at radius 1 is 1.40 bits per heavy atom. The average Bonchev–Trinajstić information content (AvgIpc) is 2.71. The quantitative estimate of drug-likeness (QED) is 0.517. The lowest BCUT2D eigenvalue weighted by atomic mass is 10.1. The number of anilines is 1. The standard InChI is InChI=1S/C12H9BrCl2N2O2S/c1-6(8-5-11(14)20-12(8)15)16-10-4-7(17(18)19)2-3-9(10)13/h2-6,16H,1H3. The van der Waals surface area contributed by atoms with Gasteiger partial charge in [-0.2, -0.15) is 0 Å². The van der Waals surface area contributed by atoms with Crippen molar-refractivity contribution in [3.05, 3.63) is 53.1 Å². The van der Waals surface area contributed by atoms with Crippen LogP contribution >= 0.6 is 50.5 Å². The van der Waals surface area contributed by atoms with Crippen LogP contribution in [-0.2, 0) is 0 Å². The van der Waals surface area contributed by atoms with Gasteiger partial charge in [-0.3, -0.25) is 10.1 Å². The molecule has 0 bridgehead atoms. The maximum absolute atomic E-state index is 10.8. The molecule has 0 saturated heterocycles. The largest absolute Gasteiger partial charge is 0.377 e. The topological polar surface area (TPSA) is 55.2 Å². The minimum Gasteiger partial charge on any atom is -0.377 e. The fraction of sp³-hybridized carbons (Fsp3) is 0.167. The van der Waals surface area contributed by atoms with Gasteiger partial charge in [-0.05, 0) is 35.0 Å². The van der Waals surface area contributed by atoms with E-state index in [1.54, 1.807) is 12.1 Å². The van der Waals surface area contributed by atoms with E-state index < -0.39 is 4.92 Å². The molecule has 1 heterocycles. The van der Waals surface area contributed by atoms with Gasteiger partial charge >= 0.3 is 0 Å². The van der Waals surface area contributed by atoms with Crippen LogP contribution in [-0.4, -0.2) is 4.92 Å². The molecular formula is C12H9BrCl2N2O2S. The molecule has 0 radical (unpaired) electrons.